The van der Waals surface area contributed by atoms with Crippen molar-refractivity contribution >= 4 is 5.57 Å². The van der Waals surface area contributed by atoms with Gasteiger partial charge in [-0.05, 0) is 53.5 Å². The van der Waals surface area contributed by atoms with E-state index in [1.807, 2.05) is 0 Å². The molecule has 1 aromatic rings. The fourth-order valence-corrected chi connectivity index (χ4v) is 4.80. The van der Waals surface area contributed by atoms with Gasteiger partial charge < -0.3 is 0 Å². The van der Waals surface area contributed by atoms with Gasteiger partial charge in [-0.3, -0.25) is 0 Å². The summed E-state index contributed by atoms with van der Waals surface area (Å²) in [4.78, 5) is 0. The van der Waals surface area contributed by atoms with E-state index < -0.39 is 0 Å². The molecule has 0 N–H and O–H groups in total. The summed E-state index contributed by atoms with van der Waals surface area (Å²) >= 11 is 0. The van der Waals surface area contributed by atoms with Crippen LogP contribution in [-0.2, 0) is 0 Å². The number of fused-ring (bicyclic) bond motifs is 2. The largest absolute Gasteiger partial charge is 0.0949 e. The molecule has 19 heavy (non-hydrogen) atoms. The highest BCUT2D eigenvalue weighted by atomic mass is 14.7. The van der Waals surface area contributed by atoms with Gasteiger partial charge >= 0.3 is 0 Å². The molecule has 0 heterocycles. The first-order chi connectivity index (χ1) is 9.09. The summed E-state index contributed by atoms with van der Waals surface area (Å²) < 4.78 is 0. The molecule has 4 unspecified atom stereocenters. The summed E-state index contributed by atoms with van der Waals surface area (Å²) in [5.74, 6) is 1.90. The van der Waals surface area contributed by atoms with E-state index in [1.54, 1.807) is 5.56 Å². The lowest BCUT2D eigenvalue weighted by molar-refractivity contribution is 0.472. The molecule has 0 aromatic heterocycles. The molecule has 0 aliphatic heterocycles. The Labute approximate surface area is 115 Å². The first kappa shape index (κ1) is 11.3. The Kier molecular flexibility index (Phi) is 1.96. The van der Waals surface area contributed by atoms with E-state index in [0.29, 0.717) is 23.2 Å². The third-order valence-corrected chi connectivity index (χ3v) is 5.73. The van der Waals surface area contributed by atoms with Gasteiger partial charge in [0.1, 0.15) is 0 Å². The van der Waals surface area contributed by atoms with Crippen LogP contribution in [0.2, 0.25) is 0 Å². The zero-order valence-corrected chi connectivity index (χ0v) is 11.9. The lowest BCUT2D eigenvalue weighted by atomic mass is 9.70. The topological polar surface area (TPSA) is 0 Å². The smallest absolute Gasteiger partial charge is 0.00947 e. The molecule has 1 spiro atoms. The molecule has 0 amide bonds. The number of benzene rings is 1. The third kappa shape index (κ3) is 1.12. The Bertz CT molecular complexity index is 659. The Hall–Kier alpha value is -1.56. The van der Waals surface area contributed by atoms with Crippen LogP contribution < -0.4 is 0 Å². The SMILES string of the molecule is C=C1c2c(C)ccc(C)c2C(C)C23C=CC=CC2C13. The Morgan fingerprint density at radius 2 is 1.84 bits per heavy atom. The van der Waals surface area contributed by atoms with Gasteiger partial charge in [0.05, 0.1) is 0 Å². The minimum atomic E-state index is 0.331. The highest BCUT2D eigenvalue weighted by molar-refractivity contribution is 5.80. The van der Waals surface area contributed by atoms with Gasteiger partial charge in [-0.2, -0.15) is 0 Å². The molecule has 96 valence electrons. The monoisotopic (exact) mass is 248 g/mol. The normalized spacial score (nSPS) is 37.6. The van der Waals surface area contributed by atoms with Crippen molar-refractivity contribution in [3.8, 4) is 0 Å². The molecule has 3 aliphatic carbocycles. The summed E-state index contributed by atoms with van der Waals surface area (Å²) in [5.41, 5.74) is 7.52. The van der Waals surface area contributed by atoms with E-state index >= 15 is 0 Å². The molecule has 1 fully saturated rings. The Balaban J connectivity index is 2.00. The average molecular weight is 248 g/mol. The second kappa shape index (κ2) is 3.30. The highest BCUT2D eigenvalue weighted by Crippen LogP contribution is 2.75. The van der Waals surface area contributed by atoms with Crippen LogP contribution in [0.1, 0.15) is 35.1 Å². The van der Waals surface area contributed by atoms with Crippen LogP contribution in [0.3, 0.4) is 0 Å². The van der Waals surface area contributed by atoms with E-state index in [0.717, 1.165) is 0 Å². The van der Waals surface area contributed by atoms with Crippen LogP contribution in [-0.4, -0.2) is 0 Å². The highest BCUT2D eigenvalue weighted by Gasteiger charge is 2.68. The first-order valence-electron chi connectivity index (χ1n) is 7.24. The molecule has 4 rings (SSSR count). The minimum Gasteiger partial charge on any atom is -0.0949 e. The number of rotatable bonds is 0. The predicted octanol–water partition coefficient (Wildman–Crippen LogP) is 4.79. The van der Waals surface area contributed by atoms with Crippen molar-refractivity contribution in [1.29, 1.82) is 0 Å². The zero-order chi connectivity index (χ0) is 13.4. The predicted molar refractivity (Wildman–Crippen MR) is 81.1 cm³/mol. The minimum absolute atomic E-state index is 0.331. The van der Waals surface area contributed by atoms with Gasteiger partial charge in [0.25, 0.3) is 0 Å². The van der Waals surface area contributed by atoms with Gasteiger partial charge in [0.2, 0.25) is 0 Å². The number of hydrogen-bond acceptors (Lipinski definition) is 0. The molecule has 0 radical (unpaired) electrons. The van der Waals surface area contributed by atoms with Crippen molar-refractivity contribution in [1.82, 2.24) is 0 Å². The van der Waals surface area contributed by atoms with Crippen molar-refractivity contribution in [3.63, 3.8) is 0 Å². The summed E-state index contributed by atoms with van der Waals surface area (Å²) in [6, 6.07) is 4.52. The summed E-state index contributed by atoms with van der Waals surface area (Å²) in [7, 11) is 0. The van der Waals surface area contributed by atoms with Crippen molar-refractivity contribution < 1.29 is 0 Å². The van der Waals surface area contributed by atoms with Crippen molar-refractivity contribution in [2.75, 3.05) is 0 Å². The summed E-state index contributed by atoms with van der Waals surface area (Å²) in [5, 5.41) is 0. The van der Waals surface area contributed by atoms with E-state index in [1.165, 1.54) is 22.3 Å². The summed E-state index contributed by atoms with van der Waals surface area (Å²) in [6.07, 6.45) is 9.28. The van der Waals surface area contributed by atoms with E-state index in [2.05, 4.69) is 63.8 Å². The third-order valence-electron chi connectivity index (χ3n) is 5.73. The maximum absolute atomic E-state index is 4.47. The van der Waals surface area contributed by atoms with Gasteiger partial charge in [-0.25, -0.2) is 0 Å². The maximum atomic E-state index is 4.47. The Morgan fingerprint density at radius 1 is 1.11 bits per heavy atom. The fourth-order valence-electron chi connectivity index (χ4n) is 4.80. The van der Waals surface area contributed by atoms with Crippen LogP contribution in [0, 0.1) is 31.1 Å². The van der Waals surface area contributed by atoms with Crippen molar-refractivity contribution in [3.05, 3.63) is 65.3 Å². The van der Waals surface area contributed by atoms with Gasteiger partial charge in [0, 0.05) is 11.3 Å². The lowest BCUT2D eigenvalue weighted by Gasteiger charge is -2.33. The van der Waals surface area contributed by atoms with Crippen molar-refractivity contribution in [2.45, 2.75) is 26.7 Å². The number of hydrogen-bond donors (Lipinski definition) is 0. The van der Waals surface area contributed by atoms with E-state index in [-0.39, 0.29) is 0 Å². The molecule has 1 saturated carbocycles. The molecule has 0 nitrogen and oxygen atoms in total. The second-order valence-electron chi connectivity index (χ2n) is 6.48. The second-order valence-corrected chi connectivity index (χ2v) is 6.48. The van der Waals surface area contributed by atoms with E-state index in [4.69, 9.17) is 0 Å². The van der Waals surface area contributed by atoms with Gasteiger partial charge in [-0.15, -0.1) is 0 Å². The molecule has 3 aliphatic rings. The van der Waals surface area contributed by atoms with Crippen molar-refractivity contribution in [2.24, 2.45) is 17.3 Å². The fraction of sp³-hybridized carbons (Fsp3) is 0.368. The van der Waals surface area contributed by atoms with Crippen LogP contribution >= 0.6 is 0 Å². The van der Waals surface area contributed by atoms with Crippen LogP contribution in [0.25, 0.3) is 5.57 Å². The number of aryl methyl sites for hydroxylation is 2. The van der Waals surface area contributed by atoms with Gasteiger partial charge in [0.15, 0.2) is 0 Å². The molecule has 4 atom stereocenters. The quantitative estimate of drug-likeness (QED) is 0.619. The maximum Gasteiger partial charge on any atom is 0.00947 e. The molecule has 0 heteroatoms. The molecule has 1 aromatic carbocycles. The molecule has 0 saturated heterocycles. The zero-order valence-electron chi connectivity index (χ0n) is 11.9. The Morgan fingerprint density at radius 3 is 2.63 bits per heavy atom. The van der Waals surface area contributed by atoms with Crippen LogP contribution in [0.5, 0.6) is 0 Å². The average Bonchev–Trinajstić information content (AvgIpc) is 3.10. The summed E-state index contributed by atoms with van der Waals surface area (Å²) in [6.45, 7) is 11.4. The standard InChI is InChI=1S/C19H20/c1-11-8-9-12(2)17-14(4)19-10-6-5-7-15(19)18(19)13(3)16(11)17/h5-10,14-15,18H,3H2,1-2,4H3. The molecular formula is C19H20. The first-order valence-corrected chi connectivity index (χ1v) is 7.24. The van der Waals surface area contributed by atoms with Crippen LogP contribution in [0.15, 0.2) is 43.0 Å². The molecule has 0 bridgehead atoms. The van der Waals surface area contributed by atoms with Crippen LogP contribution in [0.4, 0.5) is 0 Å². The lowest BCUT2D eigenvalue weighted by Crippen LogP contribution is -2.21. The van der Waals surface area contributed by atoms with E-state index in [9.17, 15) is 0 Å². The molecular weight excluding hydrogens is 228 g/mol. The van der Waals surface area contributed by atoms with Gasteiger partial charge in [-0.1, -0.05) is 49.9 Å². The number of allylic oxidation sites excluding steroid dienone is 5.